The van der Waals surface area contributed by atoms with Crippen LogP contribution in [0.3, 0.4) is 0 Å². The minimum atomic E-state index is -0.292. The Hall–Kier alpha value is -2.96. The van der Waals surface area contributed by atoms with Crippen molar-refractivity contribution in [3.05, 3.63) is 71.5 Å². The van der Waals surface area contributed by atoms with Gasteiger partial charge in [-0.2, -0.15) is 5.10 Å². The molecule has 0 bridgehead atoms. The molecule has 1 aromatic heterocycles. The highest BCUT2D eigenvalue weighted by Gasteiger charge is 2.21. The predicted octanol–water partition coefficient (Wildman–Crippen LogP) is 3.37. The summed E-state index contributed by atoms with van der Waals surface area (Å²) in [5.41, 5.74) is 10.9. The van der Waals surface area contributed by atoms with Gasteiger partial charge in [-0.1, -0.05) is 48.5 Å². The van der Waals surface area contributed by atoms with Gasteiger partial charge in [0.05, 0.1) is 31.3 Å². The van der Waals surface area contributed by atoms with Crippen molar-refractivity contribution in [2.24, 2.45) is 5.10 Å². The molecule has 0 atom stereocenters. The van der Waals surface area contributed by atoms with Crippen molar-refractivity contribution in [1.82, 2.24) is 9.66 Å². The third-order valence-corrected chi connectivity index (χ3v) is 4.22. The fourth-order valence-corrected chi connectivity index (χ4v) is 2.98. The Kier molecular flexibility index (Phi) is 4.51. The Morgan fingerprint density at radius 3 is 2.54 bits per heavy atom. The molecule has 1 aliphatic heterocycles. The highest BCUT2D eigenvalue weighted by molar-refractivity contribution is 5.81. The summed E-state index contributed by atoms with van der Waals surface area (Å²) in [6, 6.07) is 16.3. The molecule has 6 heteroatoms. The van der Waals surface area contributed by atoms with E-state index in [1.165, 1.54) is 0 Å². The predicted molar refractivity (Wildman–Crippen MR) is 101 cm³/mol. The largest absolute Gasteiger partial charge is 0.368 e. The second-order valence-corrected chi connectivity index (χ2v) is 6.11. The van der Waals surface area contributed by atoms with Gasteiger partial charge in [0.15, 0.2) is 6.29 Å². The number of ether oxygens (including phenoxy) is 2. The molecule has 6 nitrogen and oxygen atoms in total. The van der Waals surface area contributed by atoms with Crippen LogP contribution in [0.1, 0.15) is 23.1 Å². The van der Waals surface area contributed by atoms with Gasteiger partial charge in [-0.25, -0.2) is 9.66 Å². The number of aromatic nitrogens is 2. The highest BCUT2D eigenvalue weighted by Crippen LogP contribution is 2.32. The molecular weight excluding hydrogens is 328 g/mol. The molecule has 3 aromatic rings. The Bertz CT molecular complexity index is 925. The van der Waals surface area contributed by atoms with Crippen LogP contribution in [0.5, 0.6) is 0 Å². The molecule has 26 heavy (non-hydrogen) atoms. The lowest BCUT2D eigenvalue weighted by atomic mass is 9.98. The molecule has 4 rings (SSSR count). The van der Waals surface area contributed by atoms with Crippen LogP contribution < -0.4 is 5.73 Å². The monoisotopic (exact) mass is 348 g/mol. The molecule has 0 amide bonds. The normalized spacial score (nSPS) is 15.1. The van der Waals surface area contributed by atoms with E-state index in [1.54, 1.807) is 17.1 Å². The molecule has 1 saturated heterocycles. The molecule has 0 unspecified atom stereocenters. The molecule has 2 N–H and O–H groups in total. The van der Waals surface area contributed by atoms with Crippen molar-refractivity contribution >= 4 is 12.2 Å². The van der Waals surface area contributed by atoms with E-state index in [-0.39, 0.29) is 6.29 Å². The number of imidazole rings is 1. The van der Waals surface area contributed by atoms with Crippen molar-refractivity contribution in [1.29, 1.82) is 0 Å². The van der Waals surface area contributed by atoms with Gasteiger partial charge in [0.2, 0.25) is 5.95 Å². The van der Waals surface area contributed by atoms with Crippen LogP contribution >= 0.6 is 0 Å². The third kappa shape index (κ3) is 3.37. The van der Waals surface area contributed by atoms with Crippen LogP contribution in [0.25, 0.3) is 11.1 Å². The Balaban J connectivity index is 1.58. The SMILES string of the molecule is Cc1cn(N=Cc2ccc(-c3ccccc3C3OCCO3)cc2)c(N)n1. The summed E-state index contributed by atoms with van der Waals surface area (Å²) in [6.45, 7) is 3.14. The summed E-state index contributed by atoms with van der Waals surface area (Å²) in [5, 5.41) is 4.34. The number of hydrogen-bond donors (Lipinski definition) is 1. The minimum Gasteiger partial charge on any atom is -0.368 e. The number of hydrogen-bond acceptors (Lipinski definition) is 5. The van der Waals surface area contributed by atoms with Gasteiger partial charge < -0.3 is 15.2 Å². The minimum absolute atomic E-state index is 0.292. The smallest absolute Gasteiger partial charge is 0.221 e. The fourth-order valence-electron chi connectivity index (χ4n) is 2.98. The van der Waals surface area contributed by atoms with E-state index in [4.69, 9.17) is 15.2 Å². The molecule has 0 aliphatic carbocycles. The number of nitrogen functional groups attached to an aromatic ring is 1. The number of rotatable bonds is 4. The lowest BCUT2D eigenvalue weighted by Gasteiger charge is -2.14. The van der Waals surface area contributed by atoms with Crippen LogP contribution in [0.4, 0.5) is 5.95 Å². The topological polar surface area (TPSA) is 74.7 Å². The van der Waals surface area contributed by atoms with Gasteiger partial charge in [0, 0.05) is 5.56 Å². The summed E-state index contributed by atoms with van der Waals surface area (Å²) in [5.74, 6) is 0.376. The van der Waals surface area contributed by atoms with Gasteiger partial charge in [0.1, 0.15) is 0 Å². The second kappa shape index (κ2) is 7.11. The van der Waals surface area contributed by atoms with Crippen molar-refractivity contribution < 1.29 is 9.47 Å². The fraction of sp³-hybridized carbons (Fsp3) is 0.200. The first-order valence-corrected chi connectivity index (χ1v) is 8.49. The maximum atomic E-state index is 5.80. The van der Waals surface area contributed by atoms with E-state index in [0.29, 0.717) is 19.2 Å². The van der Waals surface area contributed by atoms with E-state index in [9.17, 15) is 0 Å². The molecular formula is C20H20N4O2. The van der Waals surface area contributed by atoms with Crippen LogP contribution in [-0.4, -0.2) is 29.1 Å². The first-order valence-electron chi connectivity index (χ1n) is 8.49. The van der Waals surface area contributed by atoms with Gasteiger partial charge >= 0.3 is 0 Å². The summed E-state index contributed by atoms with van der Waals surface area (Å²) in [6.07, 6.45) is 3.26. The van der Waals surface area contributed by atoms with Crippen molar-refractivity contribution in [2.75, 3.05) is 18.9 Å². The molecule has 0 spiro atoms. The zero-order chi connectivity index (χ0) is 17.9. The molecule has 1 aliphatic rings. The van der Waals surface area contributed by atoms with Crippen molar-refractivity contribution in [3.8, 4) is 11.1 Å². The van der Waals surface area contributed by atoms with E-state index < -0.39 is 0 Å². The lowest BCUT2D eigenvalue weighted by Crippen LogP contribution is -2.00. The Labute approximate surface area is 151 Å². The molecule has 132 valence electrons. The number of anilines is 1. The number of nitrogens with two attached hydrogens (primary N) is 1. The van der Waals surface area contributed by atoms with Crippen LogP contribution in [-0.2, 0) is 9.47 Å². The summed E-state index contributed by atoms with van der Waals surface area (Å²) < 4.78 is 12.9. The van der Waals surface area contributed by atoms with Crippen LogP contribution in [0.15, 0.2) is 59.8 Å². The van der Waals surface area contributed by atoms with Crippen LogP contribution in [0.2, 0.25) is 0 Å². The number of benzene rings is 2. The number of nitrogens with zero attached hydrogens (tertiary/aromatic N) is 3. The molecule has 1 fully saturated rings. The lowest BCUT2D eigenvalue weighted by molar-refractivity contribution is -0.0436. The van der Waals surface area contributed by atoms with Gasteiger partial charge in [0.25, 0.3) is 0 Å². The summed E-state index contributed by atoms with van der Waals surface area (Å²) in [7, 11) is 0. The standard InChI is InChI=1S/C20H20N4O2/c1-14-13-24(20(21)23-14)22-12-15-6-8-16(9-7-15)17-4-2-3-5-18(17)19-25-10-11-26-19/h2-9,12-13,19H,10-11H2,1H3,(H2,21,23). The molecule has 2 aromatic carbocycles. The van der Waals surface area contributed by atoms with Gasteiger partial charge in [-0.3, -0.25) is 0 Å². The van der Waals surface area contributed by atoms with Crippen molar-refractivity contribution in [2.45, 2.75) is 13.2 Å². The zero-order valence-corrected chi connectivity index (χ0v) is 14.5. The molecule has 2 heterocycles. The average molecular weight is 348 g/mol. The van der Waals surface area contributed by atoms with E-state index in [2.05, 4.69) is 28.3 Å². The maximum Gasteiger partial charge on any atom is 0.221 e. The van der Waals surface area contributed by atoms with Crippen molar-refractivity contribution in [3.63, 3.8) is 0 Å². The first kappa shape index (κ1) is 16.5. The third-order valence-electron chi connectivity index (χ3n) is 4.22. The summed E-state index contributed by atoms with van der Waals surface area (Å²) >= 11 is 0. The van der Waals surface area contributed by atoms with E-state index in [1.807, 2.05) is 37.3 Å². The average Bonchev–Trinajstić information content (AvgIpc) is 3.30. The molecule has 0 saturated carbocycles. The maximum absolute atomic E-state index is 5.80. The Morgan fingerprint density at radius 2 is 1.85 bits per heavy atom. The number of aryl methyl sites for hydroxylation is 1. The van der Waals surface area contributed by atoms with E-state index in [0.717, 1.165) is 27.9 Å². The first-order chi connectivity index (χ1) is 12.7. The Morgan fingerprint density at radius 1 is 1.12 bits per heavy atom. The zero-order valence-electron chi connectivity index (χ0n) is 14.5. The van der Waals surface area contributed by atoms with Gasteiger partial charge in [-0.15, -0.1) is 0 Å². The highest BCUT2D eigenvalue weighted by atomic mass is 16.7. The van der Waals surface area contributed by atoms with Crippen LogP contribution in [0, 0.1) is 6.92 Å². The van der Waals surface area contributed by atoms with Gasteiger partial charge in [-0.05, 0) is 23.6 Å². The van der Waals surface area contributed by atoms with E-state index >= 15 is 0 Å². The summed E-state index contributed by atoms with van der Waals surface area (Å²) in [4.78, 5) is 4.13. The molecule has 0 radical (unpaired) electrons. The second-order valence-electron chi connectivity index (χ2n) is 6.11. The quantitative estimate of drug-likeness (QED) is 0.734.